The number of benzene rings is 2. The Hall–Kier alpha value is -2.79. The summed E-state index contributed by atoms with van der Waals surface area (Å²) in [7, 11) is 0. The second-order valence-corrected chi connectivity index (χ2v) is 5.67. The minimum atomic E-state index is -0.228. The molecule has 0 aliphatic heterocycles. The van der Waals surface area contributed by atoms with Gasteiger partial charge in [0.1, 0.15) is 18.1 Å². The number of aliphatic hydroxyl groups excluding tert-OH is 1. The van der Waals surface area contributed by atoms with Crippen LogP contribution in [0.25, 0.3) is 10.8 Å². The number of amides is 1. The number of nitrogens with zero attached hydrogens (tertiary/aromatic N) is 1. The zero-order valence-electron chi connectivity index (χ0n) is 14.1. The van der Waals surface area contributed by atoms with Crippen molar-refractivity contribution in [1.82, 2.24) is 4.90 Å². The molecule has 0 radical (unpaired) electrons. The first kappa shape index (κ1) is 17.0. The van der Waals surface area contributed by atoms with Crippen molar-refractivity contribution < 1.29 is 19.1 Å². The Kier molecular flexibility index (Phi) is 5.36. The van der Waals surface area contributed by atoms with Crippen LogP contribution in [0.5, 0.6) is 5.75 Å². The highest BCUT2D eigenvalue weighted by atomic mass is 16.5. The molecule has 5 nitrogen and oxygen atoms in total. The van der Waals surface area contributed by atoms with Gasteiger partial charge >= 0.3 is 0 Å². The highest BCUT2D eigenvalue weighted by Crippen LogP contribution is 2.22. The molecule has 0 unspecified atom stereocenters. The van der Waals surface area contributed by atoms with Crippen LogP contribution >= 0.6 is 0 Å². The van der Waals surface area contributed by atoms with Gasteiger partial charge in [-0.3, -0.25) is 4.79 Å². The molecule has 3 aromatic rings. The first-order valence-corrected chi connectivity index (χ1v) is 8.31. The van der Waals surface area contributed by atoms with E-state index in [9.17, 15) is 4.79 Å². The molecule has 3 rings (SSSR count). The maximum absolute atomic E-state index is 12.3. The van der Waals surface area contributed by atoms with Gasteiger partial charge in [0, 0.05) is 13.1 Å². The maximum atomic E-state index is 12.3. The third-order valence-corrected chi connectivity index (χ3v) is 4.01. The third-order valence-electron chi connectivity index (χ3n) is 4.01. The average Bonchev–Trinajstić information content (AvgIpc) is 3.13. The van der Waals surface area contributed by atoms with E-state index in [4.69, 9.17) is 14.3 Å². The number of carbonyl (C=O) groups excluding carboxylic acids is 1. The smallest absolute Gasteiger partial charge is 0.289 e. The SMILES string of the molecule is CCN(CCO)C(=O)c1ccc(COc2ccc3ccccc3c2)o1. The van der Waals surface area contributed by atoms with Gasteiger partial charge in [0.15, 0.2) is 5.76 Å². The van der Waals surface area contributed by atoms with Crippen LogP contribution in [0.15, 0.2) is 59.0 Å². The molecule has 1 N–H and O–H groups in total. The van der Waals surface area contributed by atoms with Crippen molar-refractivity contribution >= 4 is 16.7 Å². The van der Waals surface area contributed by atoms with Crippen LogP contribution in [0.1, 0.15) is 23.2 Å². The minimum Gasteiger partial charge on any atom is -0.486 e. The van der Waals surface area contributed by atoms with Gasteiger partial charge < -0.3 is 19.2 Å². The molecule has 25 heavy (non-hydrogen) atoms. The molecular weight excluding hydrogens is 318 g/mol. The molecular formula is C20H21NO4. The zero-order chi connectivity index (χ0) is 17.6. The summed E-state index contributed by atoms with van der Waals surface area (Å²) in [5, 5.41) is 11.3. The number of hydrogen-bond acceptors (Lipinski definition) is 4. The molecule has 0 saturated heterocycles. The topological polar surface area (TPSA) is 62.9 Å². The molecule has 0 bridgehead atoms. The number of carbonyl (C=O) groups is 1. The Morgan fingerprint density at radius 3 is 2.68 bits per heavy atom. The number of hydrogen-bond donors (Lipinski definition) is 1. The van der Waals surface area contributed by atoms with Gasteiger partial charge in [-0.2, -0.15) is 0 Å². The van der Waals surface area contributed by atoms with Crippen LogP contribution in [-0.4, -0.2) is 35.6 Å². The molecule has 0 fully saturated rings. The fourth-order valence-electron chi connectivity index (χ4n) is 2.66. The predicted octanol–water partition coefficient (Wildman–Crippen LogP) is 3.47. The van der Waals surface area contributed by atoms with Gasteiger partial charge in [-0.1, -0.05) is 30.3 Å². The maximum Gasteiger partial charge on any atom is 0.289 e. The van der Waals surface area contributed by atoms with Gasteiger partial charge in [0.25, 0.3) is 5.91 Å². The standard InChI is InChI=1S/C20H21NO4/c1-2-21(11-12-22)20(23)19-10-9-18(25-19)14-24-17-8-7-15-5-3-4-6-16(15)13-17/h3-10,13,22H,2,11-12,14H2,1H3. The van der Waals surface area contributed by atoms with Gasteiger partial charge in [0.05, 0.1) is 6.61 Å². The Balaban J connectivity index is 1.65. The van der Waals surface area contributed by atoms with E-state index in [1.165, 1.54) is 4.90 Å². The third kappa shape index (κ3) is 4.00. The molecule has 1 amide bonds. The number of rotatable bonds is 7. The van der Waals surface area contributed by atoms with Crippen LogP contribution in [0.2, 0.25) is 0 Å². The molecule has 2 aromatic carbocycles. The van der Waals surface area contributed by atoms with Gasteiger partial charge in [-0.15, -0.1) is 0 Å². The lowest BCUT2D eigenvalue weighted by molar-refractivity contribution is 0.0696. The van der Waals surface area contributed by atoms with Crippen molar-refractivity contribution in [1.29, 1.82) is 0 Å². The fraction of sp³-hybridized carbons (Fsp3) is 0.250. The minimum absolute atomic E-state index is 0.0712. The lowest BCUT2D eigenvalue weighted by Crippen LogP contribution is -2.33. The molecule has 0 aliphatic carbocycles. The molecule has 130 valence electrons. The summed E-state index contributed by atoms with van der Waals surface area (Å²) in [4.78, 5) is 13.8. The van der Waals surface area contributed by atoms with Crippen molar-refractivity contribution in [3.63, 3.8) is 0 Å². The van der Waals surface area contributed by atoms with Crippen molar-refractivity contribution in [2.45, 2.75) is 13.5 Å². The van der Waals surface area contributed by atoms with E-state index in [1.54, 1.807) is 12.1 Å². The van der Waals surface area contributed by atoms with E-state index in [0.717, 1.165) is 16.5 Å². The van der Waals surface area contributed by atoms with Gasteiger partial charge in [-0.25, -0.2) is 0 Å². The number of aliphatic hydroxyl groups is 1. The van der Waals surface area contributed by atoms with Crippen LogP contribution in [0.4, 0.5) is 0 Å². The molecule has 1 heterocycles. The molecule has 0 saturated carbocycles. The van der Waals surface area contributed by atoms with E-state index < -0.39 is 0 Å². The summed E-state index contributed by atoms with van der Waals surface area (Å²) in [6, 6.07) is 17.4. The van der Waals surface area contributed by atoms with Crippen molar-refractivity contribution in [3.05, 3.63) is 66.1 Å². The number of ether oxygens (including phenoxy) is 1. The highest BCUT2D eigenvalue weighted by Gasteiger charge is 2.17. The average molecular weight is 339 g/mol. The summed E-state index contributed by atoms with van der Waals surface area (Å²) in [5.41, 5.74) is 0. The van der Waals surface area contributed by atoms with Crippen LogP contribution in [0, 0.1) is 0 Å². The number of furan rings is 1. The Morgan fingerprint density at radius 2 is 1.92 bits per heavy atom. The van der Waals surface area contributed by atoms with Gasteiger partial charge in [0.2, 0.25) is 0 Å². The summed E-state index contributed by atoms with van der Waals surface area (Å²) < 4.78 is 11.4. The highest BCUT2D eigenvalue weighted by molar-refractivity contribution is 5.91. The van der Waals surface area contributed by atoms with E-state index in [2.05, 4.69) is 6.07 Å². The molecule has 0 aliphatic rings. The molecule has 5 heteroatoms. The number of likely N-dealkylation sites (N-methyl/N-ethyl adjacent to an activating group) is 1. The van der Waals surface area contributed by atoms with Gasteiger partial charge in [-0.05, 0) is 42.0 Å². The van der Waals surface area contributed by atoms with E-state index in [0.29, 0.717) is 18.8 Å². The number of fused-ring (bicyclic) bond motifs is 1. The largest absolute Gasteiger partial charge is 0.486 e. The molecule has 0 atom stereocenters. The quantitative estimate of drug-likeness (QED) is 0.716. The lowest BCUT2D eigenvalue weighted by Gasteiger charge is -2.17. The molecule has 1 aromatic heterocycles. The molecule has 0 spiro atoms. The lowest BCUT2D eigenvalue weighted by atomic mass is 10.1. The summed E-state index contributed by atoms with van der Waals surface area (Å²) in [6.07, 6.45) is 0. The van der Waals surface area contributed by atoms with Crippen molar-refractivity contribution in [2.24, 2.45) is 0 Å². The second-order valence-electron chi connectivity index (χ2n) is 5.67. The van der Waals surface area contributed by atoms with E-state index >= 15 is 0 Å². The van der Waals surface area contributed by atoms with Crippen molar-refractivity contribution in [2.75, 3.05) is 19.7 Å². The van der Waals surface area contributed by atoms with E-state index in [1.807, 2.05) is 43.3 Å². The Labute approximate surface area is 146 Å². The van der Waals surface area contributed by atoms with Crippen molar-refractivity contribution in [3.8, 4) is 5.75 Å². The normalized spacial score (nSPS) is 10.8. The first-order valence-electron chi connectivity index (χ1n) is 8.31. The second kappa shape index (κ2) is 7.85. The predicted molar refractivity (Wildman–Crippen MR) is 95.7 cm³/mol. The summed E-state index contributed by atoms with van der Waals surface area (Å²) in [5.74, 6) is 1.36. The summed E-state index contributed by atoms with van der Waals surface area (Å²) in [6.45, 7) is 2.85. The monoisotopic (exact) mass is 339 g/mol. The first-order chi connectivity index (χ1) is 12.2. The zero-order valence-corrected chi connectivity index (χ0v) is 14.1. The van der Waals surface area contributed by atoms with E-state index in [-0.39, 0.29) is 24.9 Å². The Morgan fingerprint density at radius 1 is 1.12 bits per heavy atom. The van der Waals surface area contributed by atoms with Crippen LogP contribution in [0.3, 0.4) is 0 Å². The fourth-order valence-corrected chi connectivity index (χ4v) is 2.66. The Bertz CT molecular complexity index is 856. The summed E-state index contributed by atoms with van der Waals surface area (Å²) >= 11 is 0. The van der Waals surface area contributed by atoms with Crippen LogP contribution < -0.4 is 4.74 Å². The van der Waals surface area contributed by atoms with Crippen LogP contribution in [-0.2, 0) is 6.61 Å².